The first-order chi connectivity index (χ1) is 8.16. The molecule has 1 aliphatic carbocycles. The first-order valence-corrected chi connectivity index (χ1v) is 6.65. The molecule has 2 nitrogen and oxygen atoms in total. The van der Waals surface area contributed by atoms with Crippen LogP contribution in [0.15, 0.2) is 24.3 Å². The molecule has 17 heavy (non-hydrogen) atoms. The van der Waals surface area contributed by atoms with Crippen LogP contribution in [0.4, 0.5) is 0 Å². The lowest BCUT2D eigenvalue weighted by Crippen LogP contribution is -2.34. The van der Waals surface area contributed by atoms with Crippen LogP contribution in [0.2, 0.25) is 5.02 Å². The van der Waals surface area contributed by atoms with Crippen molar-refractivity contribution in [2.75, 3.05) is 0 Å². The van der Waals surface area contributed by atoms with Crippen molar-refractivity contribution in [3.63, 3.8) is 0 Å². The summed E-state index contributed by atoms with van der Waals surface area (Å²) in [6.45, 7) is 1.92. The van der Waals surface area contributed by atoms with Gasteiger partial charge in [0, 0.05) is 5.02 Å². The molecule has 1 saturated carbocycles. The Kier molecular flexibility index (Phi) is 4.30. The van der Waals surface area contributed by atoms with E-state index in [0.717, 1.165) is 18.6 Å². The van der Waals surface area contributed by atoms with Crippen LogP contribution >= 0.6 is 11.6 Å². The molecule has 1 aromatic rings. The van der Waals surface area contributed by atoms with Crippen LogP contribution in [0.5, 0.6) is 5.75 Å². The minimum atomic E-state index is -0.378. The molecule has 0 aromatic heterocycles. The van der Waals surface area contributed by atoms with Gasteiger partial charge in [0.15, 0.2) is 0 Å². The van der Waals surface area contributed by atoms with E-state index in [4.69, 9.17) is 16.3 Å². The second-order valence-corrected chi connectivity index (χ2v) is 5.25. The minimum absolute atomic E-state index is 0.184. The molecule has 3 heteroatoms. The van der Waals surface area contributed by atoms with Crippen LogP contribution in [-0.4, -0.2) is 17.3 Å². The van der Waals surface area contributed by atoms with Gasteiger partial charge in [0.2, 0.25) is 0 Å². The molecule has 0 spiro atoms. The normalized spacial score (nSPS) is 20.2. The summed E-state index contributed by atoms with van der Waals surface area (Å²) in [6.07, 6.45) is 4.12. The molecule has 2 atom stereocenters. The van der Waals surface area contributed by atoms with Gasteiger partial charge in [0.1, 0.15) is 11.9 Å². The zero-order valence-electron chi connectivity index (χ0n) is 10.1. The second kappa shape index (κ2) is 5.74. The van der Waals surface area contributed by atoms with E-state index in [1.807, 2.05) is 25.1 Å². The van der Waals surface area contributed by atoms with Crippen molar-refractivity contribution < 1.29 is 9.84 Å². The van der Waals surface area contributed by atoms with Gasteiger partial charge in [-0.05, 0) is 43.9 Å². The van der Waals surface area contributed by atoms with Crippen molar-refractivity contribution in [1.82, 2.24) is 0 Å². The number of benzene rings is 1. The SMILES string of the molecule is CC(Oc1cccc(Cl)c1)C(O)C1CCCC1. The molecule has 0 saturated heterocycles. The third-order valence-electron chi connectivity index (χ3n) is 3.48. The predicted molar refractivity (Wildman–Crippen MR) is 69.5 cm³/mol. The fraction of sp³-hybridized carbons (Fsp3) is 0.571. The fourth-order valence-corrected chi connectivity index (χ4v) is 2.69. The number of aliphatic hydroxyl groups excluding tert-OH is 1. The molecule has 0 radical (unpaired) electrons. The van der Waals surface area contributed by atoms with Crippen molar-refractivity contribution in [2.45, 2.75) is 44.8 Å². The predicted octanol–water partition coefficient (Wildman–Crippen LogP) is 3.66. The van der Waals surface area contributed by atoms with E-state index in [1.165, 1.54) is 12.8 Å². The summed E-state index contributed by atoms with van der Waals surface area (Å²) in [5.41, 5.74) is 0. The van der Waals surface area contributed by atoms with Gasteiger partial charge in [0.05, 0.1) is 6.10 Å². The van der Waals surface area contributed by atoms with E-state index >= 15 is 0 Å². The molecule has 1 N–H and O–H groups in total. The van der Waals surface area contributed by atoms with Crippen molar-refractivity contribution in [3.05, 3.63) is 29.3 Å². The Bertz CT molecular complexity index is 361. The van der Waals surface area contributed by atoms with Crippen LogP contribution in [-0.2, 0) is 0 Å². The quantitative estimate of drug-likeness (QED) is 0.889. The summed E-state index contributed by atoms with van der Waals surface area (Å²) >= 11 is 5.89. The highest BCUT2D eigenvalue weighted by Gasteiger charge is 2.28. The lowest BCUT2D eigenvalue weighted by Gasteiger charge is -2.25. The zero-order valence-corrected chi connectivity index (χ0v) is 10.9. The van der Waals surface area contributed by atoms with Crippen molar-refractivity contribution in [2.24, 2.45) is 5.92 Å². The van der Waals surface area contributed by atoms with E-state index < -0.39 is 0 Å². The topological polar surface area (TPSA) is 29.5 Å². The van der Waals surface area contributed by atoms with Gasteiger partial charge in [-0.15, -0.1) is 0 Å². The summed E-state index contributed by atoms with van der Waals surface area (Å²) < 4.78 is 5.73. The van der Waals surface area contributed by atoms with Gasteiger partial charge in [-0.25, -0.2) is 0 Å². The largest absolute Gasteiger partial charge is 0.488 e. The number of rotatable bonds is 4. The maximum atomic E-state index is 10.2. The lowest BCUT2D eigenvalue weighted by atomic mass is 9.97. The molecular formula is C14H19ClO2. The molecule has 0 aliphatic heterocycles. The average molecular weight is 255 g/mol. The Balaban J connectivity index is 1.93. The van der Waals surface area contributed by atoms with Crippen LogP contribution in [0, 0.1) is 5.92 Å². The highest BCUT2D eigenvalue weighted by atomic mass is 35.5. The molecule has 0 amide bonds. The maximum absolute atomic E-state index is 10.2. The van der Waals surface area contributed by atoms with Gasteiger partial charge >= 0.3 is 0 Å². The van der Waals surface area contributed by atoms with Crippen molar-refractivity contribution in [3.8, 4) is 5.75 Å². The van der Waals surface area contributed by atoms with Gasteiger partial charge in [-0.3, -0.25) is 0 Å². The average Bonchev–Trinajstić information content (AvgIpc) is 2.81. The molecule has 0 bridgehead atoms. The Morgan fingerprint density at radius 1 is 1.35 bits per heavy atom. The highest BCUT2D eigenvalue weighted by Crippen LogP contribution is 2.30. The lowest BCUT2D eigenvalue weighted by molar-refractivity contribution is 0.00826. The summed E-state index contributed by atoms with van der Waals surface area (Å²) in [5, 5.41) is 10.8. The van der Waals surface area contributed by atoms with Crippen molar-refractivity contribution >= 4 is 11.6 Å². The van der Waals surface area contributed by atoms with E-state index in [9.17, 15) is 5.11 Å². The Labute approximate surface area is 108 Å². The molecule has 1 aliphatic rings. The standard InChI is InChI=1S/C14H19ClO2/c1-10(14(16)11-5-2-3-6-11)17-13-8-4-7-12(15)9-13/h4,7-11,14,16H,2-3,5-6H2,1H3. The number of ether oxygens (including phenoxy) is 1. The molecule has 1 aromatic carbocycles. The number of hydrogen-bond donors (Lipinski definition) is 1. The van der Waals surface area contributed by atoms with E-state index in [2.05, 4.69) is 0 Å². The van der Waals surface area contributed by atoms with Gasteiger partial charge in [0.25, 0.3) is 0 Å². The smallest absolute Gasteiger partial charge is 0.122 e. The number of halogens is 1. The van der Waals surface area contributed by atoms with Gasteiger partial charge < -0.3 is 9.84 Å². The molecule has 2 rings (SSSR count). The highest BCUT2D eigenvalue weighted by molar-refractivity contribution is 6.30. The molecular weight excluding hydrogens is 236 g/mol. The van der Waals surface area contributed by atoms with E-state index in [-0.39, 0.29) is 12.2 Å². The third-order valence-corrected chi connectivity index (χ3v) is 3.72. The Hall–Kier alpha value is -0.730. The van der Waals surface area contributed by atoms with Crippen LogP contribution in [0.3, 0.4) is 0 Å². The zero-order chi connectivity index (χ0) is 12.3. The monoisotopic (exact) mass is 254 g/mol. The third kappa shape index (κ3) is 3.36. The Morgan fingerprint density at radius 3 is 2.71 bits per heavy atom. The maximum Gasteiger partial charge on any atom is 0.122 e. The molecule has 94 valence electrons. The van der Waals surface area contributed by atoms with E-state index in [0.29, 0.717) is 10.9 Å². The van der Waals surface area contributed by atoms with Crippen molar-refractivity contribution in [1.29, 1.82) is 0 Å². The fourth-order valence-electron chi connectivity index (χ4n) is 2.51. The van der Waals surface area contributed by atoms with Crippen LogP contribution in [0.1, 0.15) is 32.6 Å². The Morgan fingerprint density at radius 2 is 2.06 bits per heavy atom. The molecule has 2 unspecified atom stereocenters. The van der Waals surface area contributed by atoms with Gasteiger partial charge in [-0.1, -0.05) is 30.5 Å². The molecule has 0 heterocycles. The summed E-state index contributed by atoms with van der Waals surface area (Å²) in [6, 6.07) is 7.31. The summed E-state index contributed by atoms with van der Waals surface area (Å²) in [4.78, 5) is 0. The summed E-state index contributed by atoms with van der Waals surface area (Å²) in [5.74, 6) is 1.12. The molecule has 1 fully saturated rings. The second-order valence-electron chi connectivity index (χ2n) is 4.82. The van der Waals surface area contributed by atoms with Gasteiger partial charge in [-0.2, -0.15) is 0 Å². The minimum Gasteiger partial charge on any atom is -0.488 e. The number of aliphatic hydroxyl groups is 1. The van der Waals surface area contributed by atoms with E-state index in [1.54, 1.807) is 6.07 Å². The summed E-state index contributed by atoms with van der Waals surface area (Å²) in [7, 11) is 0. The number of hydrogen-bond acceptors (Lipinski definition) is 2. The first kappa shape index (κ1) is 12.7. The van der Waals surface area contributed by atoms with Crippen LogP contribution in [0.25, 0.3) is 0 Å². The van der Waals surface area contributed by atoms with Crippen LogP contribution < -0.4 is 4.74 Å². The first-order valence-electron chi connectivity index (χ1n) is 6.27.